The molecule has 2 unspecified atom stereocenters. The maximum absolute atomic E-state index is 5.72. The average Bonchev–Trinajstić information content (AvgIpc) is 2.88. The summed E-state index contributed by atoms with van der Waals surface area (Å²) in [6.45, 7) is 3.13. The van der Waals surface area contributed by atoms with Crippen LogP contribution in [0.15, 0.2) is 4.42 Å². The molecule has 0 amide bonds. The van der Waals surface area contributed by atoms with Gasteiger partial charge in [0.25, 0.3) is 0 Å². The van der Waals surface area contributed by atoms with Crippen LogP contribution >= 0.6 is 0 Å². The van der Waals surface area contributed by atoms with Crippen LogP contribution in [0.25, 0.3) is 0 Å². The van der Waals surface area contributed by atoms with Crippen LogP contribution in [0, 0.1) is 0 Å². The predicted octanol–water partition coefficient (Wildman–Crippen LogP) is 1.99. The first-order valence-electron chi connectivity index (χ1n) is 7.02. The number of ether oxygens (including phenoxy) is 1. The molecule has 100 valence electrons. The number of hydrogen-bond acceptors (Lipinski definition) is 5. The Bertz CT molecular complexity index is 389. The van der Waals surface area contributed by atoms with Crippen molar-refractivity contribution >= 4 is 0 Å². The normalized spacial score (nSPS) is 27.8. The minimum absolute atomic E-state index is 0.0193. The smallest absolute Gasteiger partial charge is 0.245 e. The third kappa shape index (κ3) is 3.09. The molecule has 1 saturated carbocycles. The molecule has 0 spiro atoms. The van der Waals surface area contributed by atoms with Crippen LogP contribution in [0.4, 0.5) is 0 Å². The molecule has 2 aliphatic rings. The Hall–Kier alpha value is -0.940. The summed E-state index contributed by atoms with van der Waals surface area (Å²) < 4.78 is 11.4. The summed E-state index contributed by atoms with van der Waals surface area (Å²) >= 11 is 0. The maximum Gasteiger partial charge on any atom is 0.245 e. The van der Waals surface area contributed by atoms with Crippen molar-refractivity contribution in [1.82, 2.24) is 15.5 Å². The van der Waals surface area contributed by atoms with Crippen molar-refractivity contribution in [3.05, 3.63) is 11.8 Å². The van der Waals surface area contributed by atoms with Crippen LogP contribution in [-0.4, -0.2) is 28.9 Å². The molecule has 0 bridgehead atoms. The number of aryl methyl sites for hydroxylation is 1. The van der Waals surface area contributed by atoms with Gasteiger partial charge in [-0.15, -0.1) is 10.2 Å². The Kier molecular flexibility index (Phi) is 3.61. The van der Waals surface area contributed by atoms with Gasteiger partial charge in [0.15, 0.2) is 0 Å². The van der Waals surface area contributed by atoms with Gasteiger partial charge in [0.05, 0.1) is 6.10 Å². The van der Waals surface area contributed by atoms with E-state index in [1.165, 1.54) is 12.8 Å². The first-order chi connectivity index (χ1) is 8.81. The lowest BCUT2D eigenvalue weighted by Gasteiger charge is -2.05. The van der Waals surface area contributed by atoms with Gasteiger partial charge in [-0.2, -0.15) is 0 Å². The van der Waals surface area contributed by atoms with E-state index in [4.69, 9.17) is 9.15 Å². The molecule has 1 saturated heterocycles. The molecule has 1 aliphatic heterocycles. The number of aromatic nitrogens is 2. The molecule has 2 atom stereocenters. The van der Waals surface area contributed by atoms with Crippen LogP contribution in [0.5, 0.6) is 0 Å². The molecule has 5 heteroatoms. The molecule has 1 N–H and O–H groups in total. The fraction of sp³-hybridized carbons (Fsp3) is 0.846. The lowest BCUT2D eigenvalue weighted by Crippen LogP contribution is -2.17. The SMILES string of the molecule is CC1CCC(c2nnc(CCCNC3CC3)o2)O1. The summed E-state index contributed by atoms with van der Waals surface area (Å²) in [6.07, 6.45) is 6.98. The highest BCUT2D eigenvalue weighted by molar-refractivity contribution is 4.90. The molecule has 2 heterocycles. The molecular formula is C13H21N3O2. The summed E-state index contributed by atoms with van der Waals surface area (Å²) in [7, 11) is 0. The molecule has 1 aromatic rings. The molecule has 3 rings (SSSR count). The standard InChI is InChI=1S/C13H21N3O2/c1-9-4-7-11(17-9)13-16-15-12(18-13)3-2-8-14-10-5-6-10/h9-11,14H,2-8H2,1H3. The van der Waals surface area contributed by atoms with E-state index in [1.807, 2.05) is 0 Å². The zero-order valence-electron chi connectivity index (χ0n) is 10.9. The zero-order chi connectivity index (χ0) is 12.4. The molecule has 1 aromatic heterocycles. The summed E-state index contributed by atoms with van der Waals surface area (Å²) in [4.78, 5) is 0. The van der Waals surface area contributed by atoms with E-state index in [1.54, 1.807) is 0 Å². The van der Waals surface area contributed by atoms with Gasteiger partial charge >= 0.3 is 0 Å². The van der Waals surface area contributed by atoms with Crippen molar-refractivity contribution in [2.45, 2.75) is 63.7 Å². The fourth-order valence-corrected chi connectivity index (χ4v) is 2.32. The quantitative estimate of drug-likeness (QED) is 0.783. The van der Waals surface area contributed by atoms with Crippen molar-refractivity contribution in [2.24, 2.45) is 0 Å². The Morgan fingerprint density at radius 3 is 2.83 bits per heavy atom. The van der Waals surface area contributed by atoms with Gasteiger partial charge in [-0.1, -0.05) is 0 Å². The van der Waals surface area contributed by atoms with E-state index in [0.717, 1.165) is 44.2 Å². The number of nitrogens with zero attached hydrogens (tertiary/aromatic N) is 2. The molecule has 18 heavy (non-hydrogen) atoms. The van der Waals surface area contributed by atoms with Crippen LogP contribution in [0.2, 0.25) is 0 Å². The summed E-state index contributed by atoms with van der Waals surface area (Å²) in [5.74, 6) is 1.40. The largest absolute Gasteiger partial charge is 0.422 e. The molecular weight excluding hydrogens is 230 g/mol. The first-order valence-corrected chi connectivity index (χ1v) is 7.02. The maximum atomic E-state index is 5.72. The summed E-state index contributed by atoms with van der Waals surface area (Å²) in [6, 6.07) is 0.775. The van der Waals surface area contributed by atoms with Gasteiger partial charge in [-0.05, 0) is 45.6 Å². The minimum Gasteiger partial charge on any atom is -0.422 e. The van der Waals surface area contributed by atoms with Gasteiger partial charge < -0.3 is 14.5 Å². The third-order valence-corrected chi connectivity index (χ3v) is 3.57. The zero-order valence-corrected chi connectivity index (χ0v) is 10.9. The van der Waals surface area contributed by atoms with Crippen molar-refractivity contribution in [1.29, 1.82) is 0 Å². The van der Waals surface area contributed by atoms with Gasteiger partial charge in [0, 0.05) is 12.5 Å². The van der Waals surface area contributed by atoms with E-state index < -0.39 is 0 Å². The van der Waals surface area contributed by atoms with Gasteiger partial charge in [-0.3, -0.25) is 0 Å². The van der Waals surface area contributed by atoms with Crippen LogP contribution in [-0.2, 0) is 11.2 Å². The lowest BCUT2D eigenvalue weighted by molar-refractivity contribution is 0.0384. The molecule has 0 aromatic carbocycles. The monoisotopic (exact) mass is 251 g/mol. The predicted molar refractivity (Wildman–Crippen MR) is 66.2 cm³/mol. The third-order valence-electron chi connectivity index (χ3n) is 3.57. The number of nitrogens with one attached hydrogen (secondary N) is 1. The van der Waals surface area contributed by atoms with Gasteiger partial charge in [0.1, 0.15) is 6.10 Å². The second-order valence-electron chi connectivity index (χ2n) is 5.38. The number of hydrogen-bond donors (Lipinski definition) is 1. The Morgan fingerprint density at radius 1 is 1.22 bits per heavy atom. The summed E-state index contributed by atoms with van der Waals surface area (Å²) in [5.41, 5.74) is 0. The van der Waals surface area contributed by atoms with E-state index in [-0.39, 0.29) is 6.10 Å². The first kappa shape index (κ1) is 12.1. The van der Waals surface area contributed by atoms with Crippen LogP contribution in [0.3, 0.4) is 0 Å². The number of rotatable bonds is 6. The van der Waals surface area contributed by atoms with Crippen molar-refractivity contribution in [3.8, 4) is 0 Å². The highest BCUT2D eigenvalue weighted by atomic mass is 16.5. The van der Waals surface area contributed by atoms with E-state index in [0.29, 0.717) is 12.0 Å². The Morgan fingerprint density at radius 2 is 2.11 bits per heavy atom. The van der Waals surface area contributed by atoms with E-state index >= 15 is 0 Å². The second kappa shape index (κ2) is 5.36. The second-order valence-corrected chi connectivity index (χ2v) is 5.38. The van der Waals surface area contributed by atoms with Gasteiger partial charge in [0.2, 0.25) is 11.8 Å². The molecule has 1 aliphatic carbocycles. The molecule has 2 fully saturated rings. The Labute approximate surface area is 107 Å². The Balaban J connectivity index is 1.43. The lowest BCUT2D eigenvalue weighted by atomic mass is 10.2. The topological polar surface area (TPSA) is 60.2 Å². The molecule has 5 nitrogen and oxygen atoms in total. The van der Waals surface area contributed by atoms with Crippen molar-refractivity contribution in [2.75, 3.05) is 6.54 Å². The molecule has 0 radical (unpaired) electrons. The van der Waals surface area contributed by atoms with Crippen molar-refractivity contribution < 1.29 is 9.15 Å². The van der Waals surface area contributed by atoms with Crippen LogP contribution < -0.4 is 5.32 Å². The van der Waals surface area contributed by atoms with E-state index in [9.17, 15) is 0 Å². The highest BCUT2D eigenvalue weighted by Crippen LogP contribution is 2.31. The minimum atomic E-state index is 0.0193. The fourth-order valence-electron chi connectivity index (χ4n) is 2.32. The average molecular weight is 251 g/mol. The van der Waals surface area contributed by atoms with E-state index in [2.05, 4.69) is 22.4 Å². The summed E-state index contributed by atoms with van der Waals surface area (Å²) in [5, 5.41) is 11.7. The highest BCUT2D eigenvalue weighted by Gasteiger charge is 2.27. The van der Waals surface area contributed by atoms with Crippen LogP contribution in [0.1, 0.15) is 56.9 Å². The van der Waals surface area contributed by atoms with Crippen molar-refractivity contribution in [3.63, 3.8) is 0 Å². The van der Waals surface area contributed by atoms with Gasteiger partial charge in [-0.25, -0.2) is 0 Å².